The second-order valence-electron chi connectivity index (χ2n) is 6.41. The van der Waals surface area contributed by atoms with E-state index in [0.717, 1.165) is 48.3 Å². The highest BCUT2D eigenvalue weighted by Gasteiger charge is 2.32. The van der Waals surface area contributed by atoms with Crippen molar-refractivity contribution in [1.29, 1.82) is 0 Å². The molecule has 27 heavy (non-hydrogen) atoms. The minimum atomic E-state index is -4.47. The van der Waals surface area contributed by atoms with E-state index in [1.54, 1.807) is 23.7 Å². The number of aromatic nitrogens is 1. The first-order valence-corrected chi connectivity index (χ1v) is 9.40. The number of fused-ring (bicyclic) bond motifs is 1. The molecule has 140 valence electrons. The Morgan fingerprint density at radius 3 is 2.63 bits per heavy atom. The van der Waals surface area contributed by atoms with Gasteiger partial charge in [0.1, 0.15) is 0 Å². The topological polar surface area (TPSA) is 45.2 Å². The van der Waals surface area contributed by atoms with Crippen molar-refractivity contribution >= 4 is 38.8 Å². The fourth-order valence-electron chi connectivity index (χ4n) is 3.24. The van der Waals surface area contributed by atoms with Crippen LogP contribution in [0.1, 0.15) is 28.8 Å². The Bertz CT molecular complexity index is 993. The summed E-state index contributed by atoms with van der Waals surface area (Å²) in [6.07, 6.45) is -2.50. The molecule has 1 fully saturated rings. The van der Waals surface area contributed by atoms with Crippen molar-refractivity contribution in [2.75, 3.05) is 23.3 Å². The van der Waals surface area contributed by atoms with E-state index in [2.05, 4.69) is 10.3 Å². The second kappa shape index (κ2) is 6.84. The summed E-state index contributed by atoms with van der Waals surface area (Å²) in [6, 6.07) is 8.57. The number of benzene rings is 2. The molecule has 2 heterocycles. The Hall–Kier alpha value is -2.61. The van der Waals surface area contributed by atoms with Crippen LogP contribution in [0.15, 0.2) is 41.9 Å². The Morgan fingerprint density at radius 2 is 1.89 bits per heavy atom. The van der Waals surface area contributed by atoms with E-state index in [1.165, 1.54) is 17.4 Å². The van der Waals surface area contributed by atoms with Crippen LogP contribution in [-0.4, -0.2) is 24.0 Å². The number of carbonyl (C=O) groups excluding carboxylic acids is 1. The van der Waals surface area contributed by atoms with Gasteiger partial charge in [-0.15, -0.1) is 11.3 Å². The molecule has 8 heteroatoms. The van der Waals surface area contributed by atoms with E-state index >= 15 is 0 Å². The molecule has 1 aliphatic rings. The van der Waals surface area contributed by atoms with Gasteiger partial charge in [0.2, 0.25) is 0 Å². The Morgan fingerprint density at radius 1 is 1.11 bits per heavy atom. The molecule has 4 rings (SSSR count). The standard InChI is InChI=1S/C19H16F3N3OS/c20-19(21,22)13-4-6-16(25-7-1-2-8-25)15(10-13)24-18(26)12-3-5-14-17(9-12)27-11-23-14/h3-6,9-11H,1-2,7-8H2,(H,24,26). The lowest BCUT2D eigenvalue weighted by molar-refractivity contribution is -0.137. The third kappa shape index (κ3) is 3.62. The summed E-state index contributed by atoms with van der Waals surface area (Å²) < 4.78 is 40.3. The molecular formula is C19H16F3N3OS. The van der Waals surface area contributed by atoms with Crippen molar-refractivity contribution in [3.63, 3.8) is 0 Å². The van der Waals surface area contributed by atoms with Crippen molar-refractivity contribution in [3.8, 4) is 0 Å². The quantitative estimate of drug-likeness (QED) is 0.670. The highest BCUT2D eigenvalue weighted by Crippen LogP contribution is 2.36. The molecule has 0 radical (unpaired) electrons. The Balaban J connectivity index is 1.68. The highest BCUT2D eigenvalue weighted by atomic mass is 32.1. The van der Waals surface area contributed by atoms with Crippen LogP contribution in [0.3, 0.4) is 0 Å². The van der Waals surface area contributed by atoms with Gasteiger partial charge in [-0.2, -0.15) is 13.2 Å². The van der Waals surface area contributed by atoms with Gasteiger partial charge in [0, 0.05) is 18.7 Å². The number of rotatable bonds is 3. The lowest BCUT2D eigenvalue weighted by atomic mass is 10.1. The molecule has 0 spiro atoms. The fraction of sp³-hybridized carbons (Fsp3) is 0.263. The van der Waals surface area contributed by atoms with Gasteiger partial charge in [-0.3, -0.25) is 4.79 Å². The number of nitrogens with one attached hydrogen (secondary N) is 1. The lowest BCUT2D eigenvalue weighted by Crippen LogP contribution is -2.22. The van der Waals surface area contributed by atoms with Crippen molar-refractivity contribution in [2.24, 2.45) is 0 Å². The normalized spacial score (nSPS) is 14.7. The predicted molar refractivity (Wildman–Crippen MR) is 100 cm³/mol. The van der Waals surface area contributed by atoms with E-state index in [9.17, 15) is 18.0 Å². The number of hydrogen-bond donors (Lipinski definition) is 1. The molecular weight excluding hydrogens is 375 g/mol. The fourth-order valence-corrected chi connectivity index (χ4v) is 3.95. The van der Waals surface area contributed by atoms with Gasteiger partial charge in [-0.25, -0.2) is 4.98 Å². The summed E-state index contributed by atoms with van der Waals surface area (Å²) in [5.41, 5.74) is 2.88. The Labute approximate surface area is 157 Å². The van der Waals surface area contributed by atoms with Crippen LogP contribution in [0, 0.1) is 0 Å². The molecule has 1 N–H and O–H groups in total. The van der Waals surface area contributed by atoms with Crippen molar-refractivity contribution in [1.82, 2.24) is 4.98 Å². The number of thiazole rings is 1. The molecule has 3 aromatic rings. The molecule has 4 nitrogen and oxygen atoms in total. The summed E-state index contributed by atoms with van der Waals surface area (Å²) in [6.45, 7) is 1.53. The van der Waals surface area contributed by atoms with Crippen molar-refractivity contribution in [3.05, 3.63) is 53.0 Å². The van der Waals surface area contributed by atoms with Crippen molar-refractivity contribution < 1.29 is 18.0 Å². The first-order chi connectivity index (χ1) is 12.9. The maximum atomic E-state index is 13.1. The van der Waals surface area contributed by atoms with Gasteiger partial charge in [0.05, 0.1) is 32.7 Å². The van der Waals surface area contributed by atoms with Crippen LogP contribution >= 0.6 is 11.3 Å². The van der Waals surface area contributed by atoms with E-state index in [0.29, 0.717) is 11.3 Å². The zero-order chi connectivity index (χ0) is 19.0. The third-order valence-corrected chi connectivity index (χ3v) is 5.40. The molecule has 1 aromatic heterocycles. The number of anilines is 2. The number of carbonyl (C=O) groups is 1. The predicted octanol–water partition coefficient (Wildman–Crippen LogP) is 5.17. The number of alkyl halides is 3. The van der Waals surface area contributed by atoms with Crippen LogP contribution in [-0.2, 0) is 6.18 Å². The molecule has 0 saturated carbocycles. The molecule has 1 saturated heterocycles. The third-order valence-electron chi connectivity index (χ3n) is 4.61. The summed E-state index contributed by atoms with van der Waals surface area (Å²) >= 11 is 1.41. The molecule has 0 bridgehead atoms. The van der Waals surface area contributed by atoms with E-state index in [-0.39, 0.29) is 5.69 Å². The maximum Gasteiger partial charge on any atom is 0.416 e. The molecule has 0 atom stereocenters. The SMILES string of the molecule is O=C(Nc1cc(C(F)(F)F)ccc1N1CCCC1)c1ccc2ncsc2c1. The van der Waals surface area contributed by atoms with Crippen LogP contribution in [0.5, 0.6) is 0 Å². The second-order valence-corrected chi connectivity index (χ2v) is 7.30. The number of amides is 1. The van der Waals surface area contributed by atoms with Gasteiger partial charge in [0.15, 0.2) is 0 Å². The first-order valence-electron chi connectivity index (χ1n) is 8.52. The zero-order valence-electron chi connectivity index (χ0n) is 14.2. The Kier molecular flexibility index (Phi) is 4.51. The summed E-state index contributed by atoms with van der Waals surface area (Å²) in [4.78, 5) is 18.8. The van der Waals surface area contributed by atoms with E-state index in [1.807, 2.05) is 4.90 Å². The van der Waals surface area contributed by atoms with Gasteiger partial charge < -0.3 is 10.2 Å². The summed E-state index contributed by atoms with van der Waals surface area (Å²) in [7, 11) is 0. The highest BCUT2D eigenvalue weighted by molar-refractivity contribution is 7.16. The molecule has 2 aromatic carbocycles. The van der Waals surface area contributed by atoms with Crippen LogP contribution in [0.25, 0.3) is 10.2 Å². The zero-order valence-corrected chi connectivity index (χ0v) is 15.0. The van der Waals surface area contributed by atoms with Gasteiger partial charge in [0.25, 0.3) is 5.91 Å². The average molecular weight is 391 g/mol. The average Bonchev–Trinajstić information content (AvgIpc) is 3.32. The maximum absolute atomic E-state index is 13.1. The van der Waals surface area contributed by atoms with Crippen LogP contribution < -0.4 is 10.2 Å². The summed E-state index contributed by atoms with van der Waals surface area (Å²) in [5.74, 6) is -0.440. The molecule has 0 unspecified atom stereocenters. The number of nitrogens with zero attached hydrogens (tertiary/aromatic N) is 2. The smallest absolute Gasteiger partial charge is 0.370 e. The largest absolute Gasteiger partial charge is 0.416 e. The van der Waals surface area contributed by atoms with E-state index in [4.69, 9.17) is 0 Å². The lowest BCUT2D eigenvalue weighted by Gasteiger charge is -2.23. The van der Waals surface area contributed by atoms with E-state index < -0.39 is 17.6 Å². The summed E-state index contributed by atoms with van der Waals surface area (Å²) in [5, 5.41) is 2.68. The minimum Gasteiger partial charge on any atom is -0.370 e. The molecule has 0 aliphatic carbocycles. The van der Waals surface area contributed by atoms with Crippen molar-refractivity contribution in [2.45, 2.75) is 19.0 Å². The molecule has 1 aliphatic heterocycles. The van der Waals surface area contributed by atoms with Crippen LogP contribution in [0.2, 0.25) is 0 Å². The number of halogens is 3. The van der Waals surface area contributed by atoms with Gasteiger partial charge >= 0.3 is 6.18 Å². The monoisotopic (exact) mass is 391 g/mol. The minimum absolute atomic E-state index is 0.182. The van der Waals surface area contributed by atoms with Crippen LogP contribution in [0.4, 0.5) is 24.5 Å². The van der Waals surface area contributed by atoms with Gasteiger partial charge in [-0.1, -0.05) is 0 Å². The first kappa shape index (κ1) is 17.8. The molecule has 1 amide bonds. The number of hydrogen-bond acceptors (Lipinski definition) is 4. The van der Waals surface area contributed by atoms with Gasteiger partial charge in [-0.05, 0) is 49.2 Å².